The Balaban J connectivity index is 2.00. The second-order valence-electron chi connectivity index (χ2n) is 4.72. The van der Waals surface area contributed by atoms with Crippen molar-refractivity contribution in [3.8, 4) is 5.69 Å². The van der Waals surface area contributed by atoms with Gasteiger partial charge in [0.1, 0.15) is 5.82 Å². The Morgan fingerprint density at radius 3 is 2.86 bits per heavy atom. The molecule has 1 amide bonds. The molecular weight excluding hydrogens is 305 g/mol. The molecule has 8 heteroatoms. The first-order chi connectivity index (χ1) is 10.6. The maximum Gasteiger partial charge on any atom is 0.230 e. The highest BCUT2D eigenvalue weighted by Crippen LogP contribution is 2.18. The van der Waals surface area contributed by atoms with Gasteiger partial charge in [0.25, 0.3) is 0 Å². The normalized spacial score (nSPS) is 10.9. The van der Waals surface area contributed by atoms with Crippen LogP contribution in [0, 0.1) is 5.82 Å². The van der Waals surface area contributed by atoms with Crippen molar-refractivity contribution in [3.05, 3.63) is 30.1 Å². The number of benzene rings is 1. The van der Waals surface area contributed by atoms with Gasteiger partial charge < -0.3 is 5.32 Å². The first kappa shape index (κ1) is 16.4. The van der Waals surface area contributed by atoms with Crippen LogP contribution < -0.4 is 5.32 Å². The highest BCUT2D eigenvalue weighted by atomic mass is 32.2. The predicted molar refractivity (Wildman–Crippen MR) is 82.3 cm³/mol. The number of tetrazole rings is 1. The van der Waals surface area contributed by atoms with Crippen molar-refractivity contribution in [2.24, 2.45) is 0 Å². The number of hydrogen-bond acceptors (Lipinski definition) is 5. The summed E-state index contributed by atoms with van der Waals surface area (Å²) in [4.78, 5) is 11.9. The van der Waals surface area contributed by atoms with E-state index in [2.05, 4.69) is 20.8 Å². The molecule has 0 saturated carbocycles. The molecule has 118 valence electrons. The van der Waals surface area contributed by atoms with E-state index in [0.29, 0.717) is 10.8 Å². The molecule has 22 heavy (non-hydrogen) atoms. The molecule has 0 saturated heterocycles. The van der Waals surface area contributed by atoms with Gasteiger partial charge in [0, 0.05) is 6.04 Å². The molecule has 0 unspecified atom stereocenters. The monoisotopic (exact) mass is 323 g/mol. The third-order valence-corrected chi connectivity index (χ3v) is 4.10. The van der Waals surface area contributed by atoms with Gasteiger partial charge in [-0.3, -0.25) is 4.79 Å². The van der Waals surface area contributed by atoms with Gasteiger partial charge >= 0.3 is 0 Å². The largest absolute Gasteiger partial charge is 0.353 e. The Morgan fingerprint density at radius 1 is 1.41 bits per heavy atom. The predicted octanol–water partition coefficient (Wildman–Crippen LogP) is 2.20. The first-order valence-electron chi connectivity index (χ1n) is 7.10. The molecule has 0 bridgehead atoms. The first-order valence-corrected chi connectivity index (χ1v) is 8.09. The average molecular weight is 323 g/mol. The zero-order valence-electron chi connectivity index (χ0n) is 12.5. The minimum atomic E-state index is -0.365. The van der Waals surface area contributed by atoms with E-state index < -0.39 is 0 Å². The highest BCUT2D eigenvalue weighted by molar-refractivity contribution is 7.99. The molecule has 1 N–H and O–H groups in total. The van der Waals surface area contributed by atoms with E-state index in [1.165, 1.54) is 28.6 Å². The number of thioether (sulfide) groups is 1. The third kappa shape index (κ3) is 4.27. The second-order valence-corrected chi connectivity index (χ2v) is 5.67. The van der Waals surface area contributed by atoms with Crippen LogP contribution in [0.3, 0.4) is 0 Å². The fourth-order valence-electron chi connectivity index (χ4n) is 1.93. The van der Waals surface area contributed by atoms with Crippen molar-refractivity contribution >= 4 is 17.7 Å². The molecule has 2 aromatic rings. The van der Waals surface area contributed by atoms with Crippen LogP contribution >= 0.6 is 11.8 Å². The molecule has 0 atom stereocenters. The van der Waals surface area contributed by atoms with Crippen molar-refractivity contribution in [2.75, 3.05) is 5.75 Å². The number of carbonyl (C=O) groups is 1. The van der Waals surface area contributed by atoms with Crippen LogP contribution in [0.1, 0.15) is 26.7 Å². The van der Waals surface area contributed by atoms with Gasteiger partial charge in [0.15, 0.2) is 0 Å². The molecule has 0 fully saturated rings. The van der Waals surface area contributed by atoms with Gasteiger partial charge in [-0.25, -0.2) is 4.39 Å². The van der Waals surface area contributed by atoms with Crippen molar-refractivity contribution in [2.45, 2.75) is 37.9 Å². The number of rotatable bonds is 7. The molecule has 1 aromatic heterocycles. The fourth-order valence-corrected chi connectivity index (χ4v) is 2.63. The Bertz CT molecular complexity index is 629. The summed E-state index contributed by atoms with van der Waals surface area (Å²) in [7, 11) is 0. The zero-order chi connectivity index (χ0) is 15.9. The van der Waals surface area contributed by atoms with Crippen LogP contribution in [0.25, 0.3) is 5.69 Å². The number of amides is 1. The Hall–Kier alpha value is -1.96. The molecule has 0 radical (unpaired) electrons. The lowest BCUT2D eigenvalue weighted by Gasteiger charge is -2.14. The SMILES string of the molecule is CCC(CC)NC(=O)CSc1nnnn1-c1cccc(F)c1. The topological polar surface area (TPSA) is 72.7 Å². The number of carbonyl (C=O) groups excluding carboxylic acids is 1. The standard InChI is InChI=1S/C14H18FN5OS/c1-3-11(4-2)16-13(21)9-22-14-17-18-19-20(14)12-7-5-6-10(15)8-12/h5-8,11H,3-4,9H2,1-2H3,(H,16,21). The third-order valence-electron chi connectivity index (χ3n) is 3.18. The van der Waals surface area contributed by atoms with Crippen LogP contribution in [0.5, 0.6) is 0 Å². The fraction of sp³-hybridized carbons (Fsp3) is 0.429. The van der Waals surface area contributed by atoms with Crippen LogP contribution in [-0.2, 0) is 4.79 Å². The van der Waals surface area contributed by atoms with E-state index in [4.69, 9.17) is 0 Å². The van der Waals surface area contributed by atoms with Crippen molar-refractivity contribution in [1.29, 1.82) is 0 Å². The van der Waals surface area contributed by atoms with Gasteiger partial charge in [-0.1, -0.05) is 31.7 Å². The number of halogens is 1. The molecule has 0 aliphatic carbocycles. The average Bonchev–Trinajstić information content (AvgIpc) is 2.99. The van der Waals surface area contributed by atoms with Crippen LogP contribution in [0.15, 0.2) is 29.4 Å². The lowest BCUT2D eigenvalue weighted by Crippen LogP contribution is -2.35. The van der Waals surface area contributed by atoms with Crippen molar-refractivity contribution in [1.82, 2.24) is 25.5 Å². The molecule has 0 aliphatic rings. The molecule has 6 nitrogen and oxygen atoms in total. The summed E-state index contributed by atoms with van der Waals surface area (Å²) in [5.74, 6) is -0.213. The Morgan fingerprint density at radius 2 is 2.18 bits per heavy atom. The van der Waals surface area contributed by atoms with E-state index in [0.717, 1.165) is 12.8 Å². The summed E-state index contributed by atoms with van der Waals surface area (Å²) in [6.07, 6.45) is 1.79. The lowest BCUT2D eigenvalue weighted by atomic mass is 10.2. The van der Waals surface area contributed by atoms with Gasteiger partial charge in [0.2, 0.25) is 11.1 Å². The maximum atomic E-state index is 13.3. The molecule has 0 spiro atoms. The van der Waals surface area contributed by atoms with E-state index in [1.807, 2.05) is 13.8 Å². The summed E-state index contributed by atoms with van der Waals surface area (Å²) in [5.41, 5.74) is 0.521. The lowest BCUT2D eigenvalue weighted by molar-refractivity contribution is -0.119. The maximum absolute atomic E-state index is 13.3. The van der Waals surface area contributed by atoms with E-state index in [1.54, 1.807) is 12.1 Å². The second kappa shape index (κ2) is 7.88. The minimum Gasteiger partial charge on any atom is -0.353 e. The quantitative estimate of drug-likeness (QED) is 0.791. The van der Waals surface area contributed by atoms with E-state index in [-0.39, 0.29) is 23.5 Å². The number of hydrogen-bond donors (Lipinski definition) is 1. The molecule has 1 aromatic carbocycles. The number of nitrogens with zero attached hydrogens (tertiary/aromatic N) is 4. The molecule has 2 rings (SSSR count). The smallest absolute Gasteiger partial charge is 0.230 e. The Labute approximate surface area is 132 Å². The van der Waals surface area contributed by atoms with Crippen molar-refractivity contribution in [3.63, 3.8) is 0 Å². The van der Waals surface area contributed by atoms with Crippen LogP contribution in [-0.4, -0.2) is 37.9 Å². The van der Waals surface area contributed by atoms with Gasteiger partial charge in [0.05, 0.1) is 11.4 Å². The van der Waals surface area contributed by atoms with Gasteiger partial charge in [-0.05, 0) is 41.5 Å². The summed E-state index contributed by atoms with van der Waals surface area (Å²) in [5, 5.41) is 14.7. The van der Waals surface area contributed by atoms with Crippen molar-refractivity contribution < 1.29 is 9.18 Å². The van der Waals surface area contributed by atoms with Gasteiger partial charge in [-0.15, -0.1) is 5.10 Å². The minimum absolute atomic E-state index is 0.0625. The summed E-state index contributed by atoms with van der Waals surface area (Å²) in [6.45, 7) is 4.07. The van der Waals surface area contributed by atoms with E-state index >= 15 is 0 Å². The molecule has 1 heterocycles. The molecular formula is C14H18FN5OS. The highest BCUT2D eigenvalue weighted by Gasteiger charge is 2.13. The van der Waals surface area contributed by atoms with Gasteiger partial charge in [-0.2, -0.15) is 4.68 Å². The van der Waals surface area contributed by atoms with Crippen LogP contribution in [0.2, 0.25) is 0 Å². The summed E-state index contributed by atoms with van der Waals surface area (Å²) < 4.78 is 14.7. The molecule has 0 aliphatic heterocycles. The van der Waals surface area contributed by atoms with E-state index in [9.17, 15) is 9.18 Å². The zero-order valence-corrected chi connectivity index (χ0v) is 13.3. The summed E-state index contributed by atoms with van der Waals surface area (Å²) in [6, 6.07) is 6.16. The summed E-state index contributed by atoms with van der Waals surface area (Å²) >= 11 is 1.22. The number of nitrogens with one attached hydrogen (secondary N) is 1. The Kier molecular flexibility index (Phi) is 5.88. The van der Waals surface area contributed by atoms with Crippen LogP contribution in [0.4, 0.5) is 4.39 Å². The number of aromatic nitrogens is 4.